The summed E-state index contributed by atoms with van der Waals surface area (Å²) in [6.07, 6.45) is 5.14. The van der Waals surface area contributed by atoms with E-state index in [0.717, 1.165) is 25.9 Å². The third kappa shape index (κ3) is 5.33. The van der Waals surface area contributed by atoms with E-state index >= 15 is 0 Å². The van der Waals surface area contributed by atoms with E-state index in [9.17, 15) is 9.90 Å². The second-order valence-electron chi connectivity index (χ2n) is 7.01. The van der Waals surface area contributed by atoms with E-state index < -0.39 is 0 Å². The number of hydrogen-bond acceptors (Lipinski definition) is 3. The van der Waals surface area contributed by atoms with Crippen molar-refractivity contribution in [3.05, 3.63) is 35.9 Å². The molecule has 0 heterocycles. The van der Waals surface area contributed by atoms with Crippen LogP contribution < -0.4 is 5.32 Å². The molecule has 1 fully saturated rings. The second-order valence-corrected chi connectivity index (χ2v) is 7.01. The standard InChI is InChI=1S/C19H30N2O2/c1-16(22)10-13-21(2)14-18(23)20-15-19(11-6-7-12-19)17-8-4-3-5-9-17/h3-5,8-9,16,22H,6-7,10-15H2,1-2H3,(H,20,23). The predicted molar refractivity (Wildman–Crippen MR) is 93.4 cm³/mol. The van der Waals surface area contributed by atoms with Crippen LogP contribution in [0.4, 0.5) is 0 Å². The van der Waals surface area contributed by atoms with Crippen molar-refractivity contribution in [1.29, 1.82) is 0 Å². The zero-order valence-electron chi connectivity index (χ0n) is 14.4. The van der Waals surface area contributed by atoms with E-state index in [1.54, 1.807) is 6.92 Å². The molecule has 0 aliphatic heterocycles. The molecular weight excluding hydrogens is 288 g/mol. The molecule has 0 saturated heterocycles. The topological polar surface area (TPSA) is 52.6 Å². The molecule has 1 saturated carbocycles. The van der Waals surface area contributed by atoms with Crippen molar-refractivity contribution in [2.75, 3.05) is 26.7 Å². The summed E-state index contributed by atoms with van der Waals surface area (Å²) in [6, 6.07) is 10.6. The third-order valence-electron chi connectivity index (χ3n) is 4.91. The quantitative estimate of drug-likeness (QED) is 0.773. The first-order valence-corrected chi connectivity index (χ1v) is 8.71. The van der Waals surface area contributed by atoms with Crippen LogP contribution in [0, 0.1) is 0 Å². The van der Waals surface area contributed by atoms with Crippen LogP contribution in [0.1, 0.15) is 44.6 Å². The summed E-state index contributed by atoms with van der Waals surface area (Å²) in [5.74, 6) is 0.0697. The number of carbonyl (C=O) groups excluding carboxylic acids is 1. The molecule has 1 atom stereocenters. The molecule has 1 aromatic carbocycles. The minimum atomic E-state index is -0.319. The Morgan fingerprint density at radius 1 is 1.30 bits per heavy atom. The molecule has 4 nitrogen and oxygen atoms in total. The van der Waals surface area contributed by atoms with E-state index in [1.807, 2.05) is 18.0 Å². The van der Waals surface area contributed by atoms with Crippen LogP contribution >= 0.6 is 0 Å². The Morgan fingerprint density at radius 2 is 1.96 bits per heavy atom. The molecule has 4 heteroatoms. The average Bonchev–Trinajstić information content (AvgIpc) is 3.02. The first-order valence-electron chi connectivity index (χ1n) is 8.71. The Hall–Kier alpha value is -1.39. The molecule has 2 N–H and O–H groups in total. The fraction of sp³-hybridized carbons (Fsp3) is 0.632. The Morgan fingerprint density at radius 3 is 2.57 bits per heavy atom. The van der Waals surface area contributed by atoms with E-state index in [4.69, 9.17) is 0 Å². The highest BCUT2D eigenvalue weighted by atomic mass is 16.3. The van der Waals surface area contributed by atoms with Crippen molar-refractivity contribution in [2.24, 2.45) is 0 Å². The van der Waals surface area contributed by atoms with E-state index in [1.165, 1.54) is 18.4 Å². The second kappa shape index (κ2) is 8.46. The summed E-state index contributed by atoms with van der Waals surface area (Å²) in [5, 5.41) is 12.5. The maximum absolute atomic E-state index is 12.2. The monoisotopic (exact) mass is 318 g/mol. The number of hydrogen-bond donors (Lipinski definition) is 2. The first kappa shape index (κ1) is 18.0. The Labute approximate surface area is 139 Å². The minimum Gasteiger partial charge on any atom is -0.393 e. The summed E-state index contributed by atoms with van der Waals surface area (Å²) < 4.78 is 0. The van der Waals surface area contributed by atoms with Gasteiger partial charge in [0, 0.05) is 18.5 Å². The number of aliphatic hydroxyl groups excluding tert-OH is 1. The summed E-state index contributed by atoms with van der Waals surface area (Å²) in [5.41, 5.74) is 1.45. The molecule has 128 valence electrons. The number of amides is 1. The van der Waals surface area contributed by atoms with Crippen molar-refractivity contribution >= 4 is 5.91 Å². The lowest BCUT2D eigenvalue weighted by molar-refractivity contribution is -0.122. The Balaban J connectivity index is 1.86. The van der Waals surface area contributed by atoms with Gasteiger partial charge in [-0.05, 0) is 38.8 Å². The average molecular weight is 318 g/mol. The minimum absolute atomic E-state index is 0.0697. The van der Waals surface area contributed by atoms with Gasteiger partial charge in [0.05, 0.1) is 12.6 Å². The van der Waals surface area contributed by atoms with Gasteiger partial charge in [0.25, 0.3) is 0 Å². The van der Waals surface area contributed by atoms with Crippen LogP contribution in [0.5, 0.6) is 0 Å². The fourth-order valence-corrected chi connectivity index (χ4v) is 3.47. The summed E-state index contributed by atoms with van der Waals surface area (Å²) >= 11 is 0. The highest BCUT2D eigenvalue weighted by Crippen LogP contribution is 2.40. The van der Waals surface area contributed by atoms with Gasteiger partial charge < -0.3 is 10.4 Å². The Bertz CT molecular complexity index is 481. The molecule has 1 unspecified atom stereocenters. The van der Waals surface area contributed by atoms with Gasteiger partial charge in [-0.3, -0.25) is 9.69 Å². The first-order chi connectivity index (χ1) is 11.0. The molecule has 1 aliphatic carbocycles. The lowest BCUT2D eigenvalue weighted by Crippen LogP contribution is -2.43. The largest absolute Gasteiger partial charge is 0.393 e. The van der Waals surface area contributed by atoms with Gasteiger partial charge >= 0.3 is 0 Å². The number of likely N-dealkylation sites (N-methyl/N-ethyl adjacent to an activating group) is 1. The van der Waals surface area contributed by atoms with E-state index in [0.29, 0.717) is 13.0 Å². The third-order valence-corrected chi connectivity index (χ3v) is 4.91. The molecule has 0 aromatic heterocycles. The number of nitrogens with zero attached hydrogens (tertiary/aromatic N) is 1. The van der Waals surface area contributed by atoms with Gasteiger partial charge in [0.2, 0.25) is 5.91 Å². The van der Waals surface area contributed by atoms with Crippen molar-refractivity contribution < 1.29 is 9.90 Å². The SMILES string of the molecule is CC(O)CCN(C)CC(=O)NCC1(c2ccccc2)CCCC1. The molecule has 0 radical (unpaired) electrons. The summed E-state index contributed by atoms with van der Waals surface area (Å²) in [7, 11) is 1.92. The molecule has 1 amide bonds. The maximum atomic E-state index is 12.2. The molecule has 23 heavy (non-hydrogen) atoms. The van der Waals surface area contributed by atoms with Crippen LogP contribution in [0.25, 0.3) is 0 Å². The van der Waals surface area contributed by atoms with Crippen molar-refractivity contribution in [1.82, 2.24) is 10.2 Å². The highest BCUT2D eigenvalue weighted by Gasteiger charge is 2.35. The van der Waals surface area contributed by atoms with Crippen LogP contribution in [-0.2, 0) is 10.2 Å². The number of benzene rings is 1. The van der Waals surface area contributed by atoms with Gasteiger partial charge in [-0.25, -0.2) is 0 Å². The Kier molecular flexibility index (Phi) is 6.60. The van der Waals surface area contributed by atoms with Gasteiger partial charge in [-0.15, -0.1) is 0 Å². The normalized spacial score (nSPS) is 18.1. The van der Waals surface area contributed by atoms with E-state index in [2.05, 4.69) is 29.6 Å². The van der Waals surface area contributed by atoms with Crippen LogP contribution in [0.15, 0.2) is 30.3 Å². The van der Waals surface area contributed by atoms with Crippen molar-refractivity contribution in [2.45, 2.75) is 50.5 Å². The highest BCUT2D eigenvalue weighted by molar-refractivity contribution is 5.78. The molecular formula is C19H30N2O2. The number of rotatable bonds is 8. The fourth-order valence-electron chi connectivity index (χ4n) is 3.47. The lowest BCUT2D eigenvalue weighted by atomic mass is 9.79. The zero-order chi connectivity index (χ0) is 16.7. The predicted octanol–water partition coefficient (Wildman–Crippen LogP) is 2.32. The molecule has 2 rings (SSSR count). The molecule has 1 aromatic rings. The summed E-state index contributed by atoms with van der Waals surface area (Å²) in [4.78, 5) is 14.2. The van der Waals surface area contributed by atoms with Crippen LogP contribution in [0.3, 0.4) is 0 Å². The van der Waals surface area contributed by atoms with Gasteiger partial charge in [-0.1, -0.05) is 43.2 Å². The molecule has 0 spiro atoms. The van der Waals surface area contributed by atoms with Crippen molar-refractivity contribution in [3.8, 4) is 0 Å². The van der Waals surface area contributed by atoms with Crippen LogP contribution in [0.2, 0.25) is 0 Å². The van der Waals surface area contributed by atoms with Crippen molar-refractivity contribution in [3.63, 3.8) is 0 Å². The zero-order valence-corrected chi connectivity index (χ0v) is 14.4. The van der Waals surface area contributed by atoms with Gasteiger partial charge in [0.1, 0.15) is 0 Å². The lowest BCUT2D eigenvalue weighted by Gasteiger charge is -2.30. The number of aliphatic hydroxyl groups is 1. The van der Waals surface area contributed by atoms with Gasteiger partial charge in [-0.2, -0.15) is 0 Å². The summed E-state index contributed by atoms with van der Waals surface area (Å²) in [6.45, 7) is 3.62. The number of nitrogens with one attached hydrogen (secondary N) is 1. The molecule has 0 bridgehead atoms. The molecule has 1 aliphatic rings. The van der Waals surface area contributed by atoms with Gasteiger partial charge in [0.15, 0.2) is 0 Å². The van der Waals surface area contributed by atoms with E-state index in [-0.39, 0.29) is 17.4 Å². The number of carbonyl (C=O) groups is 1. The smallest absolute Gasteiger partial charge is 0.234 e. The maximum Gasteiger partial charge on any atom is 0.234 e. The van der Waals surface area contributed by atoms with Crippen LogP contribution in [-0.4, -0.2) is 48.7 Å².